The van der Waals surface area contributed by atoms with Gasteiger partial charge in [-0.3, -0.25) is 0 Å². The largest absolute Gasteiger partial charge is 0.477 e. The molecule has 0 spiro atoms. The fourth-order valence-electron chi connectivity index (χ4n) is 2.18. The van der Waals surface area contributed by atoms with Crippen molar-refractivity contribution in [3.8, 4) is 5.69 Å². The molecule has 4 heteroatoms. The van der Waals surface area contributed by atoms with Crippen LogP contribution < -0.4 is 0 Å². The highest BCUT2D eigenvalue weighted by Gasteiger charge is 2.15. The normalized spacial score (nSPS) is 10.8. The first-order chi connectivity index (χ1) is 9.16. The van der Waals surface area contributed by atoms with Gasteiger partial charge in [0.1, 0.15) is 5.69 Å². The van der Waals surface area contributed by atoms with Crippen molar-refractivity contribution in [2.45, 2.75) is 0 Å². The minimum Gasteiger partial charge on any atom is -0.477 e. The van der Waals surface area contributed by atoms with Gasteiger partial charge in [0.05, 0.1) is 5.52 Å². The van der Waals surface area contributed by atoms with E-state index in [0.717, 1.165) is 16.6 Å². The molecular formula is C15H10ClNO2. The molecular weight excluding hydrogens is 262 g/mol. The summed E-state index contributed by atoms with van der Waals surface area (Å²) in [7, 11) is 0. The lowest BCUT2D eigenvalue weighted by Crippen LogP contribution is -2.06. The van der Waals surface area contributed by atoms with Gasteiger partial charge in [0.25, 0.3) is 0 Å². The number of fused-ring (bicyclic) bond motifs is 1. The molecule has 2 aromatic carbocycles. The van der Waals surface area contributed by atoms with Gasteiger partial charge in [0.15, 0.2) is 0 Å². The Balaban J connectivity index is 2.34. The van der Waals surface area contributed by atoms with E-state index in [1.807, 2.05) is 24.3 Å². The second-order valence-corrected chi connectivity index (χ2v) is 4.64. The average molecular weight is 272 g/mol. The highest BCUT2D eigenvalue weighted by molar-refractivity contribution is 6.30. The fraction of sp³-hybridized carbons (Fsp3) is 0. The Bertz CT molecular complexity index is 759. The Morgan fingerprint density at radius 3 is 2.42 bits per heavy atom. The maximum atomic E-state index is 11.4. The third-order valence-corrected chi connectivity index (χ3v) is 3.27. The number of carboxylic acids is 1. The van der Waals surface area contributed by atoms with Crippen LogP contribution in [0.15, 0.2) is 54.6 Å². The Morgan fingerprint density at radius 1 is 1.05 bits per heavy atom. The summed E-state index contributed by atoms with van der Waals surface area (Å²) < 4.78 is 1.72. The van der Waals surface area contributed by atoms with Gasteiger partial charge >= 0.3 is 5.97 Å². The molecule has 0 radical (unpaired) electrons. The zero-order valence-corrected chi connectivity index (χ0v) is 10.6. The van der Waals surface area contributed by atoms with Crippen LogP contribution >= 0.6 is 11.6 Å². The molecule has 0 fully saturated rings. The maximum absolute atomic E-state index is 11.4. The monoisotopic (exact) mass is 271 g/mol. The highest BCUT2D eigenvalue weighted by atomic mass is 35.5. The molecule has 3 rings (SSSR count). The van der Waals surface area contributed by atoms with Crippen molar-refractivity contribution in [1.82, 2.24) is 4.57 Å². The van der Waals surface area contributed by atoms with Crippen LogP contribution in [0.1, 0.15) is 10.5 Å². The molecule has 1 heterocycles. The topological polar surface area (TPSA) is 42.2 Å². The Hall–Kier alpha value is -2.26. The van der Waals surface area contributed by atoms with E-state index in [-0.39, 0.29) is 5.69 Å². The second-order valence-electron chi connectivity index (χ2n) is 4.21. The summed E-state index contributed by atoms with van der Waals surface area (Å²) in [6.07, 6.45) is 0. The molecule has 0 atom stereocenters. The molecule has 0 bridgehead atoms. The number of aromatic carboxylic acids is 1. The molecule has 0 aliphatic heterocycles. The fourth-order valence-corrected chi connectivity index (χ4v) is 2.31. The molecule has 19 heavy (non-hydrogen) atoms. The third-order valence-electron chi connectivity index (χ3n) is 3.01. The van der Waals surface area contributed by atoms with Crippen molar-refractivity contribution < 1.29 is 9.90 Å². The molecule has 0 saturated heterocycles. The van der Waals surface area contributed by atoms with Crippen LogP contribution in [0.5, 0.6) is 0 Å². The Kier molecular flexibility index (Phi) is 2.76. The number of rotatable bonds is 2. The molecule has 0 amide bonds. The van der Waals surface area contributed by atoms with Crippen molar-refractivity contribution in [3.63, 3.8) is 0 Å². The molecule has 0 aliphatic rings. The predicted molar refractivity (Wildman–Crippen MR) is 75.2 cm³/mol. The molecule has 94 valence electrons. The summed E-state index contributed by atoms with van der Waals surface area (Å²) >= 11 is 5.87. The van der Waals surface area contributed by atoms with E-state index in [4.69, 9.17) is 11.6 Å². The smallest absolute Gasteiger partial charge is 0.352 e. The van der Waals surface area contributed by atoms with Crippen molar-refractivity contribution >= 4 is 28.5 Å². The predicted octanol–water partition coefficient (Wildman–Crippen LogP) is 3.98. The van der Waals surface area contributed by atoms with Crippen LogP contribution in [-0.4, -0.2) is 15.6 Å². The van der Waals surface area contributed by atoms with Crippen LogP contribution in [0.3, 0.4) is 0 Å². The average Bonchev–Trinajstić information content (AvgIpc) is 2.79. The molecule has 3 aromatic rings. The summed E-state index contributed by atoms with van der Waals surface area (Å²) in [6.45, 7) is 0. The second kappa shape index (κ2) is 4.44. The lowest BCUT2D eigenvalue weighted by molar-refractivity contribution is 0.0688. The van der Waals surface area contributed by atoms with Gasteiger partial charge in [0.2, 0.25) is 0 Å². The standard InChI is InChI=1S/C15H10ClNO2/c16-11-5-7-12(8-6-11)17-13-4-2-1-3-10(13)9-14(17)15(18)19/h1-9H,(H,18,19). The summed E-state index contributed by atoms with van der Waals surface area (Å²) in [5, 5.41) is 10.9. The number of halogens is 1. The van der Waals surface area contributed by atoms with Gasteiger partial charge in [-0.25, -0.2) is 4.79 Å². The quantitative estimate of drug-likeness (QED) is 0.766. The number of para-hydroxylation sites is 1. The first-order valence-electron chi connectivity index (χ1n) is 5.76. The number of hydrogen-bond donors (Lipinski definition) is 1. The van der Waals surface area contributed by atoms with E-state index in [1.54, 1.807) is 34.9 Å². The number of benzene rings is 2. The molecule has 0 unspecified atom stereocenters. The van der Waals surface area contributed by atoms with Gasteiger partial charge in [-0.2, -0.15) is 0 Å². The third kappa shape index (κ3) is 1.98. The summed E-state index contributed by atoms with van der Waals surface area (Å²) in [4.78, 5) is 11.4. The maximum Gasteiger partial charge on any atom is 0.352 e. The van der Waals surface area contributed by atoms with Crippen LogP contribution in [0.2, 0.25) is 5.02 Å². The first kappa shape index (κ1) is 11.8. The highest BCUT2D eigenvalue weighted by Crippen LogP contribution is 2.25. The van der Waals surface area contributed by atoms with Gasteiger partial charge in [0, 0.05) is 16.1 Å². The van der Waals surface area contributed by atoms with Crippen LogP contribution in [0.4, 0.5) is 0 Å². The molecule has 0 aliphatic carbocycles. The first-order valence-corrected chi connectivity index (χ1v) is 6.14. The van der Waals surface area contributed by atoms with Crippen molar-refractivity contribution in [2.24, 2.45) is 0 Å². The Labute approximate surface area is 114 Å². The minimum atomic E-state index is -0.953. The van der Waals surface area contributed by atoms with E-state index < -0.39 is 5.97 Å². The van der Waals surface area contributed by atoms with Crippen molar-refractivity contribution in [1.29, 1.82) is 0 Å². The molecule has 0 saturated carbocycles. The van der Waals surface area contributed by atoms with E-state index in [9.17, 15) is 9.90 Å². The summed E-state index contributed by atoms with van der Waals surface area (Å²) in [5.41, 5.74) is 1.88. The van der Waals surface area contributed by atoms with Crippen LogP contribution in [-0.2, 0) is 0 Å². The van der Waals surface area contributed by atoms with E-state index in [2.05, 4.69) is 0 Å². The Morgan fingerprint density at radius 2 is 1.74 bits per heavy atom. The zero-order valence-electron chi connectivity index (χ0n) is 9.88. The summed E-state index contributed by atoms with van der Waals surface area (Å²) in [6, 6.07) is 16.4. The van der Waals surface area contributed by atoms with Gasteiger partial charge in [-0.15, -0.1) is 0 Å². The van der Waals surface area contributed by atoms with E-state index in [0.29, 0.717) is 5.02 Å². The lowest BCUT2D eigenvalue weighted by Gasteiger charge is -2.08. The SMILES string of the molecule is O=C(O)c1cc2ccccc2n1-c1ccc(Cl)cc1. The van der Waals surface area contributed by atoms with E-state index in [1.165, 1.54) is 0 Å². The molecule has 1 aromatic heterocycles. The lowest BCUT2D eigenvalue weighted by atomic mass is 10.2. The number of carboxylic acid groups (broad SMARTS) is 1. The van der Waals surface area contributed by atoms with Crippen molar-refractivity contribution in [2.75, 3.05) is 0 Å². The van der Waals surface area contributed by atoms with Crippen LogP contribution in [0, 0.1) is 0 Å². The number of carbonyl (C=O) groups is 1. The van der Waals surface area contributed by atoms with Crippen molar-refractivity contribution in [3.05, 3.63) is 65.3 Å². The molecule has 3 nitrogen and oxygen atoms in total. The van der Waals surface area contributed by atoms with Gasteiger partial charge < -0.3 is 9.67 Å². The van der Waals surface area contributed by atoms with Gasteiger partial charge in [-0.1, -0.05) is 29.8 Å². The minimum absolute atomic E-state index is 0.239. The van der Waals surface area contributed by atoms with Crippen LogP contribution in [0.25, 0.3) is 16.6 Å². The number of aromatic nitrogens is 1. The summed E-state index contributed by atoms with van der Waals surface area (Å²) in [5.74, 6) is -0.953. The van der Waals surface area contributed by atoms with Gasteiger partial charge in [-0.05, 0) is 36.4 Å². The number of nitrogens with zero attached hydrogens (tertiary/aromatic N) is 1. The zero-order chi connectivity index (χ0) is 13.4. The number of hydrogen-bond acceptors (Lipinski definition) is 1. The van der Waals surface area contributed by atoms with E-state index >= 15 is 0 Å². The molecule has 1 N–H and O–H groups in total.